The third kappa shape index (κ3) is 5.68. The third-order valence-electron chi connectivity index (χ3n) is 4.51. The zero-order chi connectivity index (χ0) is 21.0. The fourth-order valence-corrected chi connectivity index (χ4v) is 3.44. The van der Waals surface area contributed by atoms with Gasteiger partial charge in [0, 0.05) is 12.2 Å². The number of nitrogens with one attached hydrogen (secondary N) is 1. The molecule has 2 fully saturated rings. The summed E-state index contributed by atoms with van der Waals surface area (Å²) in [6.07, 6.45) is -1.01. The Labute approximate surface area is 171 Å². The molecule has 0 bridgehead atoms. The second-order valence-corrected chi connectivity index (χ2v) is 7.10. The molecular formula is C19H21F3N2O4S. The molecule has 2 aliphatic rings. The topological polar surface area (TPSA) is 60.0 Å². The second-order valence-electron chi connectivity index (χ2n) is 6.72. The summed E-state index contributed by atoms with van der Waals surface area (Å²) in [6.45, 7) is -0.555. The first-order chi connectivity index (χ1) is 13.8. The van der Waals surface area contributed by atoms with Crippen molar-refractivity contribution >= 4 is 29.3 Å². The number of hydrogen-bond acceptors (Lipinski definition) is 5. The molecule has 2 saturated heterocycles. The second kappa shape index (κ2) is 9.10. The summed E-state index contributed by atoms with van der Waals surface area (Å²) in [5.41, 5.74) is 1.34. The number of carbonyl (C=O) groups is 1. The zero-order valence-corrected chi connectivity index (χ0v) is 16.6. The molecule has 1 atom stereocenters. The number of hydrogen-bond donors (Lipinski definition) is 1. The quantitative estimate of drug-likeness (QED) is 0.530. The van der Waals surface area contributed by atoms with Crippen LogP contribution < -0.4 is 10.1 Å². The van der Waals surface area contributed by atoms with Crippen LogP contribution in [0.2, 0.25) is 0 Å². The van der Waals surface area contributed by atoms with Gasteiger partial charge in [-0.25, -0.2) is 0 Å². The Kier molecular flexibility index (Phi) is 6.76. The molecule has 1 unspecified atom stereocenters. The molecule has 0 aliphatic carbocycles. The highest BCUT2D eigenvalue weighted by atomic mass is 32.1. The van der Waals surface area contributed by atoms with E-state index in [0.717, 1.165) is 12.8 Å². The molecule has 1 N–H and O–H groups in total. The number of methoxy groups -OCH3 is 1. The van der Waals surface area contributed by atoms with Crippen LogP contribution in [0.3, 0.4) is 0 Å². The molecule has 158 valence electrons. The molecule has 0 aromatic heterocycles. The van der Waals surface area contributed by atoms with Crippen LogP contribution in [0.5, 0.6) is 5.75 Å². The number of nitrogens with zero attached hydrogens (tertiary/aromatic N) is 1. The van der Waals surface area contributed by atoms with Crippen molar-refractivity contribution in [2.75, 3.05) is 26.9 Å². The Bertz CT molecular complexity index is 807. The molecule has 2 heterocycles. The largest absolute Gasteiger partial charge is 0.496 e. The van der Waals surface area contributed by atoms with Gasteiger partial charge in [0.1, 0.15) is 18.1 Å². The average Bonchev–Trinajstić information content (AvgIpc) is 3.25. The van der Waals surface area contributed by atoms with Gasteiger partial charge in [0.15, 0.2) is 5.11 Å². The lowest BCUT2D eigenvalue weighted by atomic mass is 10.1. The smallest absolute Gasteiger partial charge is 0.411 e. The molecule has 0 saturated carbocycles. The number of halogens is 3. The Hall–Kier alpha value is -2.17. The van der Waals surface area contributed by atoms with Crippen LogP contribution in [0, 0.1) is 0 Å². The fraction of sp³-hybridized carbons (Fsp3) is 0.474. The molecule has 29 heavy (non-hydrogen) atoms. The summed E-state index contributed by atoms with van der Waals surface area (Å²) < 4.78 is 52.4. The minimum absolute atomic E-state index is 0.0311. The van der Waals surface area contributed by atoms with Crippen LogP contribution in [0.4, 0.5) is 13.2 Å². The van der Waals surface area contributed by atoms with Crippen LogP contribution in [0.25, 0.3) is 6.08 Å². The lowest BCUT2D eigenvalue weighted by Crippen LogP contribution is -2.37. The van der Waals surface area contributed by atoms with Crippen LogP contribution in [0.1, 0.15) is 24.0 Å². The van der Waals surface area contributed by atoms with Crippen LogP contribution in [-0.4, -0.2) is 55.1 Å². The number of carbonyl (C=O) groups excluding carboxylic acids is 1. The van der Waals surface area contributed by atoms with Gasteiger partial charge in [-0.05, 0) is 48.8 Å². The number of alkyl halides is 3. The Morgan fingerprint density at radius 1 is 1.41 bits per heavy atom. The highest BCUT2D eigenvalue weighted by molar-refractivity contribution is 7.80. The molecule has 3 rings (SSSR count). The maximum Gasteiger partial charge on any atom is 0.411 e. The molecule has 1 aromatic carbocycles. The van der Waals surface area contributed by atoms with Crippen molar-refractivity contribution in [1.82, 2.24) is 10.2 Å². The fourth-order valence-electron chi connectivity index (χ4n) is 3.17. The minimum atomic E-state index is -4.41. The van der Waals surface area contributed by atoms with E-state index < -0.39 is 12.8 Å². The number of ether oxygens (including phenoxy) is 3. The molecule has 1 amide bonds. The predicted octanol–water partition coefficient (Wildman–Crippen LogP) is 3.01. The minimum Gasteiger partial charge on any atom is -0.496 e. The molecular weight excluding hydrogens is 409 g/mol. The molecule has 0 spiro atoms. The van der Waals surface area contributed by atoms with Crippen molar-refractivity contribution in [3.63, 3.8) is 0 Å². The number of rotatable bonds is 7. The average molecular weight is 430 g/mol. The highest BCUT2D eigenvalue weighted by Gasteiger charge is 2.33. The van der Waals surface area contributed by atoms with Crippen molar-refractivity contribution < 1.29 is 32.2 Å². The summed E-state index contributed by atoms with van der Waals surface area (Å²) in [7, 11) is 1.42. The van der Waals surface area contributed by atoms with Crippen molar-refractivity contribution in [3.05, 3.63) is 35.0 Å². The monoisotopic (exact) mass is 430 g/mol. The van der Waals surface area contributed by atoms with E-state index in [2.05, 4.69) is 5.32 Å². The van der Waals surface area contributed by atoms with E-state index in [1.54, 1.807) is 24.3 Å². The van der Waals surface area contributed by atoms with Crippen molar-refractivity contribution in [1.29, 1.82) is 0 Å². The van der Waals surface area contributed by atoms with Gasteiger partial charge in [0.05, 0.1) is 26.4 Å². The predicted molar refractivity (Wildman–Crippen MR) is 103 cm³/mol. The molecule has 6 nitrogen and oxygen atoms in total. The number of benzene rings is 1. The normalized spacial score (nSPS) is 21.2. The van der Waals surface area contributed by atoms with Gasteiger partial charge in [-0.3, -0.25) is 9.69 Å². The van der Waals surface area contributed by atoms with Crippen molar-refractivity contribution in [2.45, 2.75) is 31.7 Å². The van der Waals surface area contributed by atoms with Crippen molar-refractivity contribution in [2.24, 2.45) is 0 Å². The van der Waals surface area contributed by atoms with E-state index in [1.165, 1.54) is 12.0 Å². The zero-order valence-electron chi connectivity index (χ0n) is 15.8. The van der Waals surface area contributed by atoms with Gasteiger partial charge >= 0.3 is 6.18 Å². The van der Waals surface area contributed by atoms with Gasteiger partial charge in [-0.15, -0.1) is 0 Å². The standard InChI is InChI=1S/C19H21F3N2O4S/c1-26-16-5-4-12(7-13(16)10-27-11-19(20,21)22)8-15-17(25)24(18(29)23-15)9-14-3-2-6-28-14/h4-5,7-8,14H,2-3,6,9-11H2,1H3,(H,23,29)/b15-8+. The van der Waals surface area contributed by atoms with Crippen LogP contribution in [-0.2, 0) is 20.9 Å². The first kappa shape index (κ1) is 21.5. The number of thiocarbonyl (C=S) groups is 1. The molecule has 2 aliphatic heterocycles. The summed E-state index contributed by atoms with van der Waals surface area (Å²) in [4.78, 5) is 14.1. The summed E-state index contributed by atoms with van der Waals surface area (Å²) in [6, 6.07) is 4.92. The van der Waals surface area contributed by atoms with Gasteiger partial charge in [-0.2, -0.15) is 13.2 Å². The highest BCUT2D eigenvalue weighted by Crippen LogP contribution is 2.25. The van der Waals surface area contributed by atoms with E-state index in [-0.39, 0.29) is 18.6 Å². The van der Waals surface area contributed by atoms with Crippen LogP contribution in [0.15, 0.2) is 23.9 Å². The van der Waals surface area contributed by atoms with E-state index in [9.17, 15) is 18.0 Å². The van der Waals surface area contributed by atoms with Gasteiger partial charge in [0.2, 0.25) is 0 Å². The van der Waals surface area contributed by atoms with Crippen LogP contribution >= 0.6 is 12.2 Å². The lowest BCUT2D eigenvalue weighted by Gasteiger charge is -2.18. The molecule has 1 aromatic rings. The van der Waals surface area contributed by atoms with E-state index >= 15 is 0 Å². The van der Waals surface area contributed by atoms with E-state index in [4.69, 9.17) is 26.4 Å². The van der Waals surface area contributed by atoms with Gasteiger partial charge in [-0.1, -0.05) is 6.07 Å². The van der Waals surface area contributed by atoms with Gasteiger partial charge in [0.25, 0.3) is 5.91 Å². The lowest BCUT2D eigenvalue weighted by molar-refractivity contribution is -0.176. The summed E-state index contributed by atoms with van der Waals surface area (Å²) >= 11 is 5.25. The first-order valence-corrected chi connectivity index (χ1v) is 9.45. The Morgan fingerprint density at radius 2 is 2.21 bits per heavy atom. The Morgan fingerprint density at radius 3 is 2.86 bits per heavy atom. The molecule has 0 radical (unpaired) electrons. The third-order valence-corrected chi connectivity index (χ3v) is 4.83. The maximum absolute atomic E-state index is 12.7. The maximum atomic E-state index is 12.7. The summed E-state index contributed by atoms with van der Waals surface area (Å²) in [5, 5.41) is 3.19. The van der Waals surface area contributed by atoms with E-state index in [1.807, 2.05) is 0 Å². The molecule has 10 heteroatoms. The van der Waals surface area contributed by atoms with E-state index in [0.29, 0.717) is 40.8 Å². The van der Waals surface area contributed by atoms with Gasteiger partial charge < -0.3 is 19.5 Å². The number of amides is 1. The summed E-state index contributed by atoms with van der Waals surface area (Å²) in [5.74, 6) is 0.131. The van der Waals surface area contributed by atoms with Crippen molar-refractivity contribution in [3.8, 4) is 5.75 Å². The first-order valence-electron chi connectivity index (χ1n) is 9.04. The Balaban J connectivity index is 1.72. The SMILES string of the molecule is COc1ccc(/C=C2/NC(=S)N(CC3CCCO3)C2=O)cc1COCC(F)(F)F.